The molecule has 1 aromatic carbocycles. The summed E-state index contributed by atoms with van der Waals surface area (Å²) >= 11 is 0. The van der Waals surface area contributed by atoms with E-state index < -0.39 is 22.7 Å². The number of ether oxygens (including phenoxy) is 1. The number of unbranched alkanes of at least 4 members (excludes halogenated alkanes) is 1. The number of carbonyl (C=O) groups excluding carboxylic acids is 2. The van der Waals surface area contributed by atoms with Gasteiger partial charge in [-0.3, -0.25) is 29.8 Å². The number of carboxylic acid groups (broad SMARTS) is 1. The van der Waals surface area contributed by atoms with Crippen LogP contribution in [-0.2, 0) is 14.4 Å². The lowest BCUT2D eigenvalue weighted by Gasteiger charge is -2.07. The number of nitrogens with zero attached hydrogens (tertiary/aromatic N) is 1. The Hall–Kier alpha value is -3.23. The SMILES string of the molecule is O=C(O)CCCCOc1ccc([N+](=O)[O-])c(C=C2CC(=O)NC2=O)c1. The van der Waals surface area contributed by atoms with Gasteiger partial charge in [-0.05, 0) is 31.1 Å². The van der Waals surface area contributed by atoms with Crippen LogP contribution in [0.25, 0.3) is 6.08 Å². The molecule has 1 fully saturated rings. The topological polar surface area (TPSA) is 136 Å². The van der Waals surface area contributed by atoms with Gasteiger partial charge in [0.15, 0.2) is 0 Å². The minimum Gasteiger partial charge on any atom is -0.494 e. The number of imide groups is 1. The van der Waals surface area contributed by atoms with E-state index in [1.807, 2.05) is 0 Å². The maximum atomic E-state index is 11.6. The lowest BCUT2D eigenvalue weighted by molar-refractivity contribution is -0.385. The predicted octanol–water partition coefficient (Wildman–Crippen LogP) is 1.66. The lowest BCUT2D eigenvalue weighted by Crippen LogP contribution is -2.19. The molecule has 25 heavy (non-hydrogen) atoms. The number of aliphatic carboxylic acids is 1. The molecule has 0 spiro atoms. The molecule has 1 aliphatic rings. The summed E-state index contributed by atoms with van der Waals surface area (Å²) in [6.45, 7) is 0.264. The number of carbonyl (C=O) groups is 3. The minimum absolute atomic E-state index is 0.0457. The fourth-order valence-corrected chi connectivity index (χ4v) is 2.28. The Morgan fingerprint density at radius 3 is 2.72 bits per heavy atom. The summed E-state index contributed by atoms with van der Waals surface area (Å²) in [7, 11) is 0. The molecule has 0 bridgehead atoms. The summed E-state index contributed by atoms with van der Waals surface area (Å²) in [5.41, 5.74) is 0.0949. The van der Waals surface area contributed by atoms with Gasteiger partial charge < -0.3 is 9.84 Å². The van der Waals surface area contributed by atoms with Gasteiger partial charge >= 0.3 is 5.97 Å². The summed E-state index contributed by atoms with van der Waals surface area (Å²) < 4.78 is 5.46. The van der Waals surface area contributed by atoms with Gasteiger partial charge in [0.2, 0.25) is 5.91 Å². The van der Waals surface area contributed by atoms with Gasteiger partial charge in [-0.2, -0.15) is 0 Å². The van der Waals surface area contributed by atoms with E-state index >= 15 is 0 Å². The average Bonchev–Trinajstić information content (AvgIpc) is 2.84. The van der Waals surface area contributed by atoms with E-state index in [0.29, 0.717) is 18.6 Å². The molecule has 2 rings (SSSR count). The van der Waals surface area contributed by atoms with E-state index in [9.17, 15) is 24.5 Å². The van der Waals surface area contributed by atoms with Crippen LogP contribution in [0.4, 0.5) is 5.69 Å². The van der Waals surface area contributed by atoms with Crippen LogP contribution in [0, 0.1) is 10.1 Å². The highest BCUT2D eigenvalue weighted by Gasteiger charge is 2.25. The minimum atomic E-state index is -0.881. The van der Waals surface area contributed by atoms with Crippen molar-refractivity contribution in [2.24, 2.45) is 0 Å². The van der Waals surface area contributed by atoms with Crippen molar-refractivity contribution >= 4 is 29.5 Å². The van der Waals surface area contributed by atoms with Crippen LogP contribution in [0.2, 0.25) is 0 Å². The highest BCUT2D eigenvalue weighted by molar-refractivity contribution is 6.15. The zero-order chi connectivity index (χ0) is 18.4. The number of hydrogen-bond acceptors (Lipinski definition) is 6. The maximum absolute atomic E-state index is 11.6. The number of amides is 2. The van der Waals surface area contributed by atoms with Crippen LogP contribution in [0.1, 0.15) is 31.2 Å². The largest absolute Gasteiger partial charge is 0.494 e. The van der Waals surface area contributed by atoms with Gasteiger partial charge in [0.05, 0.1) is 23.5 Å². The lowest BCUT2D eigenvalue weighted by atomic mass is 10.1. The molecule has 1 saturated heterocycles. The summed E-state index contributed by atoms with van der Waals surface area (Å²) in [5, 5.41) is 21.8. The second kappa shape index (κ2) is 8.04. The van der Waals surface area contributed by atoms with E-state index in [2.05, 4.69) is 5.32 Å². The molecule has 1 aliphatic heterocycles. The molecule has 2 N–H and O–H groups in total. The zero-order valence-electron chi connectivity index (χ0n) is 13.2. The number of nitro benzene ring substituents is 1. The smallest absolute Gasteiger partial charge is 0.303 e. The standard InChI is InChI=1S/C16H16N2O7/c19-14-9-11(16(22)17-14)7-10-8-12(4-5-13(10)18(23)24)25-6-2-1-3-15(20)21/h4-5,7-8H,1-3,6,9H2,(H,20,21)(H,17,19,22). The average molecular weight is 348 g/mol. The zero-order valence-corrected chi connectivity index (χ0v) is 13.2. The summed E-state index contributed by atoms with van der Waals surface area (Å²) in [4.78, 5) is 43.8. The molecule has 9 heteroatoms. The van der Waals surface area contributed by atoms with E-state index in [1.54, 1.807) is 0 Å². The van der Waals surface area contributed by atoms with E-state index in [0.717, 1.165) is 0 Å². The quantitative estimate of drug-likeness (QED) is 0.240. The number of benzene rings is 1. The Morgan fingerprint density at radius 1 is 1.36 bits per heavy atom. The molecule has 0 saturated carbocycles. The molecule has 1 heterocycles. The Bertz CT molecular complexity index is 755. The number of nitro groups is 1. The molecule has 0 aromatic heterocycles. The van der Waals surface area contributed by atoms with Crippen LogP contribution < -0.4 is 10.1 Å². The first-order valence-electron chi connectivity index (χ1n) is 7.54. The number of hydrogen-bond donors (Lipinski definition) is 2. The maximum Gasteiger partial charge on any atom is 0.303 e. The fraction of sp³-hybridized carbons (Fsp3) is 0.312. The molecule has 0 unspecified atom stereocenters. The Morgan fingerprint density at radius 2 is 2.12 bits per heavy atom. The van der Waals surface area contributed by atoms with Gasteiger partial charge in [-0.25, -0.2) is 0 Å². The molecule has 0 aliphatic carbocycles. The van der Waals surface area contributed by atoms with Crippen molar-refractivity contribution in [2.75, 3.05) is 6.61 Å². The Balaban J connectivity index is 2.12. The molecule has 9 nitrogen and oxygen atoms in total. The summed E-state index contributed by atoms with van der Waals surface area (Å²) in [6, 6.07) is 4.10. The molecular formula is C16H16N2O7. The predicted molar refractivity (Wildman–Crippen MR) is 85.8 cm³/mol. The Kier molecular flexibility index (Phi) is 5.83. The van der Waals surface area contributed by atoms with Gasteiger partial charge in [0.1, 0.15) is 5.75 Å². The number of nitrogens with one attached hydrogen (secondary N) is 1. The third kappa shape index (κ3) is 5.13. The van der Waals surface area contributed by atoms with E-state index in [4.69, 9.17) is 9.84 Å². The molecule has 2 amide bonds. The first-order valence-corrected chi connectivity index (χ1v) is 7.54. The second-order valence-corrected chi connectivity index (χ2v) is 5.40. The fourth-order valence-electron chi connectivity index (χ4n) is 2.28. The monoisotopic (exact) mass is 348 g/mol. The van der Waals surface area contributed by atoms with Crippen LogP contribution in [0.15, 0.2) is 23.8 Å². The second-order valence-electron chi connectivity index (χ2n) is 5.40. The molecular weight excluding hydrogens is 332 g/mol. The van der Waals surface area contributed by atoms with Crippen molar-refractivity contribution in [1.29, 1.82) is 0 Å². The van der Waals surface area contributed by atoms with Gasteiger partial charge in [0.25, 0.3) is 11.6 Å². The van der Waals surface area contributed by atoms with Crippen molar-refractivity contribution in [2.45, 2.75) is 25.7 Å². The van der Waals surface area contributed by atoms with Crippen molar-refractivity contribution < 1.29 is 29.2 Å². The van der Waals surface area contributed by atoms with Crippen molar-refractivity contribution in [3.63, 3.8) is 0 Å². The van der Waals surface area contributed by atoms with Crippen LogP contribution in [0.3, 0.4) is 0 Å². The van der Waals surface area contributed by atoms with Crippen molar-refractivity contribution in [3.05, 3.63) is 39.4 Å². The van der Waals surface area contributed by atoms with E-state index in [1.165, 1.54) is 24.3 Å². The number of rotatable bonds is 8. The van der Waals surface area contributed by atoms with Crippen LogP contribution in [-0.4, -0.2) is 34.4 Å². The molecule has 132 valence electrons. The third-order valence-electron chi connectivity index (χ3n) is 3.47. The van der Waals surface area contributed by atoms with Crippen molar-refractivity contribution in [3.8, 4) is 5.75 Å². The van der Waals surface area contributed by atoms with Gasteiger partial charge in [0, 0.05) is 18.1 Å². The molecule has 0 radical (unpaired) electrons. The van der Waals surface area contributed by atoms with Crippen molar-refractivity contribution in [1.82, 2.24) is 5.32 Å². The summed E-state index contributed by atoms with van der Waals surface area (Å²) in [6.07, 6.45) is 2.20. The molecule has 1 aromatic rings. The summed E-state index contributed by atoms with van der Waals surface area (Å²) in [5.74, 6) is -1.55. The normalized spacial score (nSPS) is 15.3. The highest BCUT2D eigenvalue weighted by Crippen LogP contribution is 2.28. The third-order valence-corrected chi connectivity index (χ3v) is 3.47. The van der Waals surface area contributed by atoms with Crippen LogP contribution in [0.5, 0.6) is 5.75 Å². The molecule has 0 atom stereocenters. The van der Waals surface area contributed by atoms with Crippen LogP contribution >= 0.6 is 0 Å². The first-order chi connectivity index (χ1) is 11.9. The van der Waals surface area contributed by atoms with E-state index in [-0.39, 0.29) is 36.3 Å². The van der Waals surface area contributed by atoms with Gasteiger partial charge in [-0.15, -0.1) is 0 Å². The Labute approximate surface area is 142 Å². The van der Waals surface area contributed by atoms with Gasteiger partial charge in [-0.1, -0.05) is 0 Å². The number of carboxylic acids is 1. The first kappa shape index (κ1) is 18.1. The highest BCUT2D eigenvalue weighted by atomic mass is 16.6.